The second-order valence-corrected chi connectivity index (χ2v) is 13.8. The number of quaternary nitrogens is 1. The Morgan fingerprint density at radius 3 is 2.72 bits per heavy atom. The summed E-state index contributed by atoms with van der Waals surface area (Å²) in [7, 11) is 1.89. The number of fused-ring (bicyclic) bond motifs is 1. The third-order valence-corrected chi connectivity index (χ3v) is 10.8. The van der Waals surface area contributed by atoms with Crippen molar-refractivity contribution >= 4 is 68.9 Å². The molecule has 4 heterocycles. The summed E-state index contributed by atoms with van der Waals surface area (Å²) in [5, 5.41) is 16.5. The number of benzene rings is 2. The van der Waals surface area contributed by atoms with E-state index in [1.807, 2.05) is 42.8 Å². The van der Waals surface area contributed by atoms with Gasteiger partial charge in [-0.3, -0.25) is 9.59 Å². The molecule has 10 nitrogen and oxygen atoms in total. The van der Waals surface area contributed by atoms with Gasteiger partial charge in [0.05, 0.1) is 48.3 Å². The molecule has 2 fully saturated rings. The highest BCUT2D eigenvalue weighted by atomic mass is 35.5. The molecule has 2 saturated heterocycles. The van der Waals surface area contributed by atoms with Gasteiger partial charge >= 0.3 is 11.9 Å². The Hall–Kier alpha value is -3.32. The Morgan fingerprint density at radius 2 is 1.96 bits per heavy atom. The predicted octanol–water partition coefficient (Wildman–Crippen LogP) is 6.27. The zero-order valence-electron chi connectivity index (χ0n) is 25.7. The molecule has 0 spiro atoms. The number of hydrogen-bond acceptors (Lipinski definition) is 7. The van der Waals surface area contributed by atoms with E-state index >= 15 is 0 Å². The lowest BCUT2D eigenvalue weighted by Crippen LogP contribution is -2.71. The second kappa shape index (κ2) is 13.4. The summed E-state index contributed by atoms with van der Waals surface area (Å²) >= 11 is 15.0. The number of carbonyl (C=O) groups excluding carboxylic acids is 2. The largest absolute Gasteiger partial charge is 0.481 e. The number of aliphatic carboxylic acids is 1. The van der Waals surface area contributed by atoms with Gasteiger partial charge in [0.1, 0.15) is 6.54 Å². The third-order valence-electron chi connectivity index (χ3n) is 8.97. The van der Waals surface area contributed by atoms with E-state index in [1.165, 1.54) is 11.3 Å². The number of amides is 2. The van der Waals surface area contributed by atoms with Gasteiger partial charge in [-0.05, 0) is 37.1 Å². The number of thiazole rings is 1. The third kappa shape index (κ3) is 6.20. The molecule has 1 unspecified atom stereocenters. The van der Waals surface area contributed by atoms with E-state index < -0.39 is 5.97 Å². The minimum atomic E-state index is -0.853. The highest BCUT2D eigenvalue weighted by Crippen LogP contribution is 2.45. The van der Waals surface area contributed by atoms with E-state index in [2.05, 4.69) is 15.3 Å². The number of carbonyl (C=O) groups is 3. The molecule has 2 amide bonds. The average Bonchev–Trinajstić information content (AvgIpc) is 3.74. The molecule has 2 aliphatic rings. The quantitative estimate of drug-likeness (QED) is 0.179. The maximum atomic E-state index is 14.5. The Bertz CT molecular complexity index is 1800. The van der Waals surface area contributed by atoms with Crippen LogP contribution in [0.2, 0.25) is 10.0 Å². The zero-order valence-corrected chi connectivity index (χ0v) is 28.0. The Labute approximate surface area is 281 Å². The van der Waals surface area contributed by atoms with Gasteiger partial charge < -0.3 is 19.7 Å². The normalized spacial score (nSPS) is 20.2. The number of ether oxygens (including phenoxy) is 1. The first-order chi connectivity index (χ1) is 22.1. The summed E-state index contributed by atoms with van der Waals surface area (Å²) in [5.74, 6) is -1.19. The van der Waals surface area contributed by atoms with E-state index in [0.717, 1.165) is 33.6 Å². The van der Waals surface area contributed by atoms with Crippen molar-refractivity contribution < 1.29 is 28.8 Å². The van der Waals surface area contributed by atoms with Crippen molar-refractivity contribution in [2.24, 2.45) is 7.05 Å². The van der Waals surface area contributed by atoms with Gasteiger partial charge in [-0.25, -0.2) is 9.78 Å². The number of rotatable bonds is 11. The molecule has 2 aromatic heterocycles. The predicted molar refractivity (Wildman–Crippen MR) is 178 cm³/mol. The molecule has 2 aliphatic heterocycles. The van der Waals surface area contributed by atoms with Gasteiger partial charge in [0.2, 0.25) is 0 Å². The van der Waals surface area contributed by atoms with Gasteiger partial charge in [0.25, 0.3) is 5.91 Å². The van der Waals surface area contributed by atoms with Crippen molar-refractivity contribution in [1.82, 2.24) is 14.6 Å². The van der Waals surface area contributed by atoms with Crippen molar-refractivity contribution in [3.8, 4) is 0 Å². The van der Waals surface area contributed by atoms with Gasteiger partial charge in [0.15, 0.2) is 11.0 Å². The molecule has 4 aromatic rings. The SMILES string of the molecule is CCOC1CN([N+]2(C(=O)Cc3cc(Cl)c(NC(=O)c4cn(C)c5ccccc45)cc3Cl)CCC[C@H]2c2ncc(CCC(=O)O)s2)C1. The van der Waals surface area contributed by atoms with Crippen molar-refractivity contribution in [2.75, 3.05) is 31.6 Å². The maximum absolute atomic E-state index is 14.5. The Morgan fingerprint density at radius 1 is 1.17 bits per heavy atom. The average molecular weight is 686 g/mol. The number of halogens is 2. The maximum Gasteiger partial charge on any atom is 0.337 e. The number of hydrogen-bond donors (Lipinski definition) is 2. The summed E-state index contributed by atoms with van der Waals surface area (Å²) in [6.07, 6.45) is 5.67. The van der Waals surface area contributed by atoms with Crippen LogP contribution in [0.3, 0.4) is 0 Å². The minimum absolute atomic E-state index is 0.0229. The smallest absolute Gasteiger partial charge is 0.337 e. The lowest BCUT2D eigenvalue weighted by molar-refractivity contribution is -0.993. The molecule has 0 saturated carbocycles. The molecule has 2 N–H and O–H groups in total. The standard InChI is InChI=1S/C33H35Cl2N5O5S/c1-3-45-21-17-39(18-21)40(12-6-9-29(40)33-36-16-22(46-33)10-11-31(42)43)30(41)14-20-13-26(35)27(15-25(20)34)37-32(44)24-19-38(2)28-8-5-4-7-23(24)28/h4-5,7-8,13,15-16,19,21,29H,3,6,9-12,14,17-18H2,1-2H3,(H-,37,42,43,44)/p+1/t29-,40?/m0/s1. The van der Waals surface area contributed by atoms with Crippen LogP contribution in [-0.4, -0.2) is 74.4 Å². The fourth-order valence-corrected chi connectivity index (χ4v) is 8.27. The van der Waals surface area contributed by atoms with Crippen LogP contribution in [0, 0.1) is 0 Å². The van der Waals surface area contributed by atoms with Gasteiger partial charge in [-0.15, -0.1) is 16.3 Å². The molecule has 46 heavy (non-hydrogen) atoms. The number of para-hydroxylation sites is 1. The fourth-order valence-electron chi connectivity index (χ4n) is 6.70. The first-order valence-corrected chi connectivity index (χ1v) is 17.0. The minimum Gasteiger partial charge on any atom is -0.481 e. The van der Waals surface area contributed by atoms with Crippen LogP contribution in [0.4, 0.5) is 5.69 Å². The molecule has 242 valence electrons. The summed E-state index contributed by atoms with van der Waals surface area (Å²) in [4.78, 5) is 44.5. The highest BCUT2D eigenvalue weighted by Gasteiger charge is 2.58. The second-order valence-electron chi connectivity index (χ2n) is 11.8. The van der Waals surface area contributed by atoms with Crippen molar-refractivity contribution in [3.63, 3.8) is 0 Å². The van der Waals surface area contributed by atoms with Crippen molar-refractivity contribution in [2.45, 2.75) is 51.2 Å². The number of aromatic nitrogens is 2. The zero-order chi connectivity index (χ0) is 32.6. The van der Waals surface area contributed by atoms with Crippen LogP contribution in [0.15, 0.2) is 48.8 Å². The van der Waals surface area contributed by atoms with E-state index in [1.54, 1.807) is 24.5 Å². The van der Waals surface area contributed by atoms with Gasteiger partial charge in [0, 0.05) is 59.7 Å². The van der Waals surface area contributed by atoms with E-state index in [-0.39, 0.29) is 46.4 Å². The monoisotopic (exact) mass is 684 g/mol. The molecule has 6 rings (SSSR count). The molecule has 0 radical (unpaired) electrons. The van der Waals surface area contributed by atoms with Crippen LogP contribution >= 0.6 is 34.5 Å². The Kier molecular flexibility index (Phi) is 9.52. The van der Waals surface area contributed by atoms with Crippen molar-refractivity contribution in [1.29, 1.82) is 0 Å². The summed E-state index contributed by atoms with van der Waals surface area (Å²) < 4.78 is 7.85. The summed E-state index contributed by atoms with van der Waals surface area (Å²) in [6.45, 7) is 4.44. The number of aryl methyl sites for hydroxylation is 2. The molecule has 0 aliphatic carbocycles. The van der Waals surface area contributed by atoms with E-state index in [4.69, 9.17) is 33.0 Å². The summed E-state index contributed by atoms with van der Waals surface area (Å²) in [5.41, 5.74) is 2.39. The number of likely N-dealkylation sites (tertiary alicyclic amines) is 1. The van der Waals surface area contributed by atoms with Gasteiger partial charge in [-0.1, -0.05) is 41.4 Å². The lowest BCUT2D eigenvalue weighted by Gasteiger charge is -2.51. The van der Waals surface area contributed by atoms with Gasteiger partial charge in [-0.2, -0.15) is 4.59 Å². The Balaban J connectivity index is 1.25. The first kappa shape index (κ1) is 32.6. The van der Waals surface area contributed by atoms with Crippen LogP contribution in [0.1, 0.15) is 58.0 Å². The number of carboxylic acid groups (broad SMARTS) is 1. The number of nitrogens with one attached hydrogen (secondary N) is 1. The van der Waals surface area contributed by atoms with Crippen LogP contribution in [-0.2, 0) is 34.2 Å². The molecule has 0 bridgehead atoms. The molecular weight excluding hydrogens is 649 g/mol. The highest BCUT2D eigenvalue weighted by molar-refractivity contribution is 7.11. The number of nitrogens with zero attached hydrogens (tertiary/aromatic N) is 4. The molecule has 2 atom stereocenters. The number of anilines is 1. The fraction of sp³-hybridized carbons (Fsp3) is 0.394. The number of carboxylic acids is 1. The molecule has 13 heteroatoms. The topological polar surface area (TPSA) is 114 Å². The van der Waals surface area contributed by atoms with Crippen LogP contribution in [0.25, 0.3) is 10.9 Å². The van der Waals surface area contributed by atoms with E-state index in [0.29, 0.717) is 54.5 Å². The van der Waals surface area contributed by atoms with Crippen LogP contribution < -0.4 is 5.32 Å². The van der Waals surface area contributed by atoms with E-state index in [9.17, 15) is 14.4 Å². The first-order valence-electron chi connectivity index (χ1n) is 15.4. The molecular formula is C33H36Cl2N5O5S+. The van der Waals surface area contributed by atoms with Crippen LogP contribution in [0.5, 0.6) is 0 Å². The van der Waals surface area contributed by atoms with Crippen molar-refractivity contribution in [3.05, 3.63) is 79.8 Å². The molecule has 2 aromatic carbocycles. The lowest BCUT2D eigenvalue weighted by atomic mass is 10.1. The summed E-state index contributed by atoms with van der Waals surface area (Å²) in [6, 6.07) is 10.7.